The van der Waals surface area contributed by atoms with Crippen molar-refractivity contribution in [2.45, 2.75) is 39.7 Å². The topological polar surface area (TPSA) is 19.4 Å². The van der Waals surface area contributed by atoms with E-state index in [1.54, 1.807) is 0 Å². The Morgan fingerprint density at radius 3 is 2.78 bits per heavy atom. The summed E-state index contributed by atoms with van der Waals surface area (Å²) in [6.07, 6.45) is 4.50. The van der Waals surface area contributed by atoms with E-state index in [2.05, 4.69) is 47.7 Å². The van der Waals surface area contributed by atoms with Crippen molar-refractivity contribution in [3.63, 3.8) is 0 Å². The van der Waals surface area contributed by atoms with Crippen LogP contribution in [-0.2, 0) is 0 Å². The van der Waals surface area contributed by atoms with Gasteiger partial charge in [0.25, 0.3) is 0 Å². The predicted molar refractivity (Wildman–Crippen MR) is 77.0 cm³/mol. The number of nitrogens with zero attached hydrogens (tertiary/aromatic N) is 3. The van der Waals surface area contributed by atoms with Crippen LogP contribution in [0.15, 0.2) is 18.3 Å². The standard InChI is InChI=1S/C15H25N3/c1-4-17(5-2)15-13(9-7-11-16-15)14-10-8-12-18(14)6-3/h7,9,11,14H,4-6,8,10,12H2,1-3H3/t14-/m0/s1. The molecule has 2 rings (SSSR count). The van der Waals surface area contributed by atoms with Gasteiger partial charge in [0.1, 0.15) is 5.82 Å². The van der Waals surface area contributed by atoms with Crippen molar-refractivity contribution in [1.82, 2.24) is 9.88 Å². The molecule has 0 amide bonds. The third-order valence-electron chi connectivity index (χ3n) is 4.01. The maximum absolute atomic E-state index is 4.63. The predicted octanol–water partition coefficient (Wildman–Crippen LogP) is 3.08. The summed E-state index contributed by atoms with van der Waals surface area (Å²) in [5.74, 6) is 1.19. The summed E-state index contributed by atoms with van der Waals surface area (Å²) in [4.78, 5) is 9.57. The molecule has 0 N–H and O–H groups in total. The number of anilines is 1. The van der Waals surface area contributed by atoms with Crippen molar-refractivity contribution in [3.8, 4) is 0 Å². The Bertz CT molecular complexity index is 374. The molecule has 2 heterocycles. The number of hydrogen-bond acceptors (Lipinski definition) is 3. The van der Waals surface area contributed by atoms with Crippen LogP contribution in [0.5, 0.6) is 0 Å². The van der Waals surface area contributed by atoms with Gasteiger partial charge in [-0.05, 0) is 45.8 Å². The fourth-order valence-corrected chi connectivity index (χ4v) is 3.01. The maximum atomic E-state index is 4.63. The molecule has 1 saturated heterocycles. The number of rotatable bonds is 5. The van der Waals surface area contributed by atoms with Crippen LogP contribution in [0.3, 0.4) is 0 Å². The van der Waals surface area contributed by atoms with E-state index in [1.807, 2.05) is 6.20 Å². The molecule has 1 aliphatic rings. The van der Waals surface area contributed by atoms with Crippen LogP contribution < -0.4 is 4.90 Å². The first kappa shape index (κ1) is 13.3. The molecule has 100 valence electrons. The molecule has 1 atom stereocenters. The van der Waals surface area contributed by atoms with E-state index in [-0.39, 0.29) is 0 Å². The monoisotopic (exact) mass is 247 g/mol. The van der Waals surface area contributed by atoms with Crippen molar-refractivity contribution in [2.75, 3.05) is 31.1 Å². The van der Waals surface area contributed by atoms with Crippen LogP contribution in [0.25, 0.3) is 0 Å². The third kappa shape index (κ3) is 2.51. The van der Waals surface area contributed by atoms with Gasteiger partial charge in [0, 0.05) is 30.9 Å². The highest BCUT2D eigenvalue weighted by molar-refractivity contribution is 5.48. The van der Waals surface area contributed by atoms with Gasteiger partial charge < -0.3 is 4.90 Å². The molecular weight excluding hydrogens is 222 g/mol. The Kier molecular flexibility index (Phi) is 4.59. The minimum Gasteiger partial charge on any atom is -0.357 e. The molecule has 0 spiro atoms. The summed E-state index contributed by atoms with van der Waals surface area (Å²) >= 11 is 0. The smallest absolute Gasteiger partial charge is 0.133 e. The molecule has 1 aromatic rings. The van der Waals surface area contributed by atoms with Gasteiger partial charge in [0.15, 0.2) is 0 Å². The molecule has 0 unspecified atom stereocenters. The van der Waals surface area contributed by atoms with Gasteiger partial charge in [-0.15, -0.1) is 0 Å². The fraction of sp³-hybridized carbons (Fsp3) is 0.667. The van der Waals surface area contributed by atoms with Crippen LogP contribution in [-0.4, -0.2) is 36.1 Å². The van der Waals surface area contributed by atoms with Crippen molar-refractivity contribution in [3.05, 3.63) is 23.9 Å². The Morgan fingerprint density at radius 1 is 1.33 bits per heavy atom. The number of hydrogen-bond donors (Lipinski definition) is 0. The van der Waals surface area contributed by atoms with Crippen molar-refractivity contribution < 1.29 is 0 Å². The summed E-state index contributed by atoms with van der Waals surface area (Å²) in [6, 6.07) is 4.91. The lowest BCUT2D eigenvalue weighted by atomic mass is 10.0. The van der Waals surface area contributed by atoms with Crippen LogP contribution in [0, 0.1) is 0 Å². The summed E-state index contributed by atoms with van der Waals surface area (Å²) < 4.78 is 0. The Labute approximate surface area is 111 Å². The Hall–Kier alpha value is -1.09. The van der Waals surface area contributed by atoms with E-state index < -0.39 is 0 Å². The average molecular weight is 247 g/mol. The number of aromatic nitrogens is 1. The zero-order chi connectivity index (χ0) is 13.0. The lowest BCUT2D eigenvalue weighted by Gasteiger charge is -2.29. The first-order chi connectivity index (χ1) is 8.81. The van der Waals surface area contributed by atoms with Gasteiger partial charge in [-0.25, -0.2) is 4.98 Å². The highest BCUT2D eigenvalue weighted by Gasteiger charge is 2.27. The first-order valence-corrected chi connectivity index (χ1v) is 7.25. The van der Waals surface area contributed by atoms with Gasteiger partial charge in [-0.2, -0.15) is 0 Å². The second-order valence-corrected chi connectivity index (χ2v) is 4.88. The molecule has 0 aromatic carbocycles. The van der Waals surface area contributed by atoms with E-state index in [1.165, 1.54) is 30.8 Å². The molecule has 0 saturated carbocycles. The minimum atomic E-state index is 0.569. The summed E-state index contributed by atoms with van der Waals surface area (Å²) in [5.41, 5.74) is 1.42. The largest absolute Gasteiger partial charge is 0.357 e. The molecule has 1 fully saturated rings. The molecule has 0 aliphatic carbocycles. The summed E-state index contributed by atoms with van der Waals surface area (Å²) in [5, 5.41) is 0. The quantitative estimate of drug-likeness (QED) is 0.797. The van der Waals surface area contributed by atoms with Gasteiger partial charge in [-0.3, -0.25) is 4.90 Å². The molecule has 0 radical (unpaired) electrons. The van der Waals surface area contributed by atoms with Crippen molar-refractivity contribution >= 4 is 5.82 Å². The average Bonchev–Trinajstić information content (AvgIpc) is 2.89. The molecule has 1 aliphatic heterocycles. The van der Waals surface area contributed by atoms with E-state index in [9.17, 15) is 0 Å². The van der Waals surface area contributed by atoms with E-state index in [0.29, 0.717) is 6.04 Å². The number of pyridine rings is 1. The van der Waals surface area contributed by atoms with Gasteiger partial charge >= 0.3 is 0 Å². The van der Waals surface area contributed by atoms with E-state index in [4.69, 9.17) is 0 Å². The molecule has 0 bridgehead atoms. The Balaban J connectivity index is 2.32. The van der Waals surface area contributed by atoms with Gasteiger partial charge in [0.2, 0.25) is 0 Å². The highest BCUT2D eigenvalue weighted by atomic mass is 15.2. The second-order valence-electron chi connectivity index (χ2n) is 4.88. The van der Waals surface area contributed by atoms with Gasteiger partial charge in [-0.1, -0.05) is 13.0 Å². The SMILES string of the molecule is CCN(CC)c1ncccc1[C@@H]1CCCN1CC. The van der Waals surface area contributed by atoms with Crippen LogP contribution in [0.4, 0.5) is 5.82 Å². The zero-order valence-electron chi connectivity index (χ0n) is 11.9. The van der Waals surface area contributed by atoms with E-state index >= 15 is 0 Å². The number of likely N-dealkylation sites (tertiary alicyclic amines) is 1. The lowest BCUT2D eigenvalue weighted by molar-refractivity contribution is 0.271. The zero-order valence-corrected chi connectivity index (χ0v) is 11.9. The van der Waals surface area contributed by atoms with Crippen LogP contribution in [0.1, 0.15) is 45.2 Å². The maximum Gasteiger partial charge on any atom is 0.133 e. The normalized spacial score (nSPS) is 20.3. The third-order valence-corrected chi connectivity index (χ3v) is 4.01. The Morgan fingerprint density at radius 2 is 2.11 bits per heavy atom. The molecule has 3 nitrogen and oxygen atoms in total. The van der Waals surface area contributed by atoms with Crippen LogP contribution >= 0.6 is 0 Å². The lowest BCUT2D eigenvalue weighted by Crippen LogP contribution is -2.28. The minimum absolute atomic E-state index is 0.569. The van der Waals surface area contributed by atoms with Crippen LogP contribution in [0.2, 0.25) is 0 Å². The molecule has 3 heteroatoms. The van der Waals surface area contributed by atoms with E-state index in [0.717, 1.165) is 19.6 Å². The second kappa shape index (κ2) is 6.19. The molecular formula is C15H25N3. The summed E-state index contributed by atoms with van der Waals surface area (Å²) in [7, 11) is 0. The van der Waals surface area contributed by atoms with Gasteiger partial charge in [0.05, 0.1) is 0 Å². The highest BCUT2D eigenvalue weighted by Crippen LogP contribution is 2.35. The van der Waals surface area contributed by atoms with Crippen molar-refractivity contribution in [1.29, 1.82) is 0 Å². The van der Waals surface area contributed by atoms with Crippen molar-refractivity contribution in [2.24, 2.45) is 0 Å². The summed E-state index contributed by atoms with van der Waals surface area (Å²) in [6.45, 7) is 11.1. The molecule has 18 heavy (non-hydrogen) atoms. The molecule has 1 aromatic heterocycles. The first-order valence-electron chi connectivity index (χ1n) is 7.25. The fourth-order valence-electron chi connectivity index (χ4n) is 3.01.